The summed E-state index contributed by atoms with van der Waals surface area (Å²) in [5, 5.41) is 9.50. The molecule has 1 N–H and O–H groups in total. The minimum absolute atomic E-state index is 0.158. The van der Waals surface area contributed by atoms with Crippen LogP contribution in [0.25, 0.3) is 5.69 Å². The van der Waals surface area contributed by atoms with Gasteiger partial charge in [0.1, 0.15) is 0 Å². The SMILES string of the molecule is COC(=O)c1ccc(-n2cccc2O)cc1. The molecule has 0 fully saturated rings. The summed E-state index contributed by atoms with van der Waals surface area (Å²) in [5.74, 6) is -0.214. The molecule has 0 unspecified atom stereocenters. The molecule has 4 nitrogen and oxygen atoms in total. The summed E-state index contributed by atoms with van der Waals surface area (Å²) >= 11 is 0. The van der Waals surface area contributed by atoms with Gasteiger partial charge in [-0.25, -0.2) is 4.79 Å². The number of methoxy groups -OCH3 is 1. The van der Waals surface area contributed by atoms with Crippen LogP contribution in [0.2, 0.25) is 0 Å². The van der Waals surface area contributed by atoms with Gasteiger partial charge in [-0.3, -0.25) is 4.57 Å². The Morgan fingerprint density at radius 3 is 2.44 bits per heavy atom. The van der Waals surface area contributed by atoms with Crippen LogP contribution in [0.5, 0.6) is 5.88 Å². The van der Waals surface area contributed by atoms with Gasteiger partial charge in [-0.15, -0.1) is 0 Å². The van der Waals surface area contributed by atoms with Crippen molar-refractivity contribution >= 4 is 5.97 Å². The standard InChI is InChI=1S/C12H11NO3/c1-16-12(15)9-4-6-10(7-5-9)13-8-2-3-11(13)14/h2-8,14H,1H3. The molecule has 16 heavy (non-hydrogen) atoms. The molecule has 0 spiro atoms. The van der Waals surface area contributed by atoms with Crippen molar-refractivity contribution in [2.75, 3.05) is 7.11 Å². The Kier molecular flexibility index (Phi) is 2.64. The van der Waals surface area contributed by atoms with Gasteiger partial charge in [0.05, 0.1) is 12.7 Å². The van der Waals surface area contributed by atoms with E-state index in [4.69, 9.17) is 0 Å². The summed E-state index contributed by atoms with van der Waals surface area (Å²) < 4.78 is 6.21. The monoisotopic (exact) mass is 217 g/mol. The average Bonchev–Trinajstić information content (AvgIpc) is 2.75. The Balaban J connectivity index is 2.33. The second kappa shape index (κ2) is 4.10. The molecule has 0 aliphatic heterocycles. The first-order valence-corrected chi connectivity index (χ1v) is 4.77. The third-order valence-electron chi connectivity index (χ3n) is 2.29. The quantitative estimate of drug-likeness (QED) is 0.782. The number of benzene rings is 1. The molecule has 0 aliphatic rings. The summed E-state index contributed by atoms with van der Waals surface area (Å²) in [6.07, 6.45) is 1.74. The molecular formula is C12H11NO3. The van der Waals surface area contributed by atoms with E-state index in [0.717, 1.165) is 5.69 Å². The van der Waals surface area contributed by atoms with Crippen LogP contribution >= 0.6 is 0 Å². The van der Waals surface area contributed by atoms with Crippen LogP contribution in [0, 0.1) is 0 Å². The molecule has 1 aromatic carbocycles. The maximum Gasteiger partial charge on any atom is 0.337 e. The van der Waals surface area contributed by atoms with Crippen molar-refractivity contribution < 1.29 is 14.6 Å². The highest BCUT2D eigenvalue weighted by Gasteiger charge is 2.06. The van der Waals surface area contributed by atoms with Crippen LogP contribution in [0.4, 0.5) is 0 Å². The number of hydrogen-bond acceptors (Lipinski definition) is 3. The molecule has 0 aliphatic carbocycles. The predicted molar refractivity (Wildman–Crippen MR) is 58.8 cm³/mol. The van der Waals surface area contributed by atoms with Gasteiger partial charge in [0.15, 0.2) is 5.88 Å². The molecule has 1 heterocycles. The zero-order chi connectivity index (χ0) is 11.5. The second-order valence-electron chi connectivity index (χ2n) is 3.27. The van der Waals surface area contributed by atoms with E-state index in [2.05, 4.69) is 4.74 Å². The predicted octanol–water partition coefficient (Wildman–Crippen LogP) is 1.97. The van der Waals surface area contributed by atoms with Crippen LogP contribution in [0.1, 0.15) is 10.4 Å². The number of rotatable bonds is 2. The Labute approximate surface area is 92.7 Å². The van der Waals surface area contributed by atoms with Crippen LogP contribution in [-0.4, -0.2) is 22.8 Å². The molecule has 0 amide bonds. The molecule has 82 valence electrons. The van der Waals surface area contributed by atoms with Gasteiger partial charge in [0.25, 0.3) is 0 Å². The molecule has 2 rings (SSSR count). The lowest BCUT2D eigenvalue weighted by Crippen LogP contribution is -2.01. The van der Waals surface area contributed by atoms with E-state index < -0.39 is 0 Å². The Hall–Kier alpha value is -2.23. The summed E-state index contributed by atoms with van der Waals surface area (Å²) in [4.78, 5) is 11.2. The third kappa shape index (κ3) is 1.77. The van der Waals surface area contributed by atoms with E-state index in [0.29, 0.717) is 5.56 Å². The van der Waals surface area contributed by atoms with Gasteiger partial charge in [0, 0.05) is 18.0 Å². The van der Waals surface area contributed by atoms with Crippen LogP contribution in [-0.2, 0) is 4.74 Å². The van der Waals surface area contributed by atoms with Gasteiger partial charge >= 0.3 is 5.97 Å². The van der Waals surface area contributed by atoms with E-state index in [1.54, 1.807) is 47.2 Å². The molecule has 0 bridgehead atoms. The summed E-state index contributed by atoms with van der Waals surface area (Å²) in [6, 6.07) is 10.1. The van der Waals surface area contributed by atoms with Crippen molar-refractivity contribution in [1.29, 1.82) is 0 Å². The first-order valence-electron chi connectivity index (χ1n) is 4.77. The van der Waals surface area contributed by atoms with E-state index >= 15 is 0 Å². The van der Waals surface area contributed by atoms with Gasteiger partial charge in [-0.05, 0) is 30.3 Å². The highest BCUT2D eigenvalue weighted by molar-refractivity contribution is 5.89. The van der Waals surface area contributed by atoms with Crippen LogP contribution < -0.4 is 0 Å². The summed E-state index contributed by atoms with van der Waals surface area (Å²) in [5.41, 5.74) is 1.27. The number of aromatic hydroxyl groups is 1. The number of aromatic nitrogens is 1. The lowest BCUT2D eigenvalue weighted by Gasteiger charge is -2.05. The molecule has 0 radical (unpaired) electrons. The molecule has 0 saturated heterocycles. The van der Waals surface area contributed by atoms with Crippen molar-refractivity contribution in [1.82, 2.24) is 4.57 Å². The number of hydrogen-bond donors (Lipinski definition) is 1. The molecule has 1 aromatic heterocycles. The minimum Gasteiger partial charge on any atom is -0.494 e. The molecule has 0 atom stereocenters. The van der Waals surface area contributed by atoms with Gasteiger partial charge in [-0.2, -0.15) is 0 Å². The first kappa shape index (κ1) is 10.3. The molecule has 4 heteroatoms. The van der Waals surface area contributed by atoms with Crippen LogP contribution in [0.15, 0.2) is 42.6 Å². The Morgan fingerprint density at radius 1 is 1.25 bits per heavy atom. The largest absolute Gasteiger partial charge is 0.494 e. The summed E-state index contributed by atoms with van der Waals surface area (Å²) in [6.45, 7) is 0. The van der Waals surface area contributed by atoms with E-state index in [-0.39, 0.29) is 11.8 Å². The molecule has 0 saturated carbocycles. The zero-order valence-corrected chi connectivity index (χ0v) is 8.75. The molecule has 2 aromatic rings. The first-order chi connectivity index (χ1) is 7.72. The fourth-order valence-electron chi connectivity index (χ4n) is 1.47. The summed E-state index contributed by atoms with van der Waals surface area (Å²) in [7, 11) is 1.34. The van der Waals surface area contributed by atoms with Crippen molar-refractivity contribution in [3.8, 4) is 11.6 Å². The van der Waals surface area contributed by atoms with E-state index in [9.17, 15) is 9.90 Å². The maximum atomic E-state index is 11.2. The van der Waals surface area contributed by atoms with Gasteiger partial charge in [0.2, 0.25) is 0 Å². The lowest BCUT2D eigenvalue weighted by atomic mass is 10.2. The number of nitrogens with zero attached hydrogens (tertiary/aromatic N) is 1. The smallest absolute Gasteiger partial charge is 0.337 e. The number of carbonyl (C=O) groups excluding carboxylic acids is 1. The van der Waals surface area contributed by atoms with Crippen molar-refractivity contribution in [2.24, 2.45) is 0 Å². The zero-order valence-electron chi connectivity index (χ0n) is 8.75. The second-order valence-corrected chi connectivity index (χ2v) is 3.27. The fourth-order valence-corrected chi connectivity index (χ4v) is 1.47. The van der Waals surface area contributed by atoms with Gasteiger partial charge in [-0.1, -0.05) is 0 Å². The number of carbonyl (C=O) groups is 1. The van der Waals surface area contributed by atoms with Crippen molar-refractivity contribution in [3.63, 3.8) is 0 Å². The van der Waals surface area contributed by atoms with Crippen molar-refractivity contribution in [2.45, 2.75) is 0 Å². The topological polar surface area (TPSA) is 51.5 Å². The minimum atomic E-state index is -0.372. The lowest BCUT2D eigenvalue weighted by molar-refractivity contribution is 0.0601. The average molecular weight is 217 g/mol. The normalized spacial score (nSPS) is 10.1. The fraction of sp³-hybridized carbons (Fsp3) is 0.0833. The van der Waals surface area contributed by atoms with E-state index in [1.807, 2.05) is 0 Å². The Morgan fingerprint density at radius 2 is 1.94 bits per heavy atom. The van der Waals surface area contributed by atoms with E-state index in [1.165, 1.54) is 7.11 Å². The molecular weight excluding hydrogens is 206 g/mol. The Bertz CT molecular complexity index is 499. The number of esters is 1. The third-order valence-corrected chi connectivity index (χ3v) is 2.29. The van der Waals surface area contributed by atoms with Crippen molar-refractivity contribution in [3.05, 3.63) is 48.2 Å². The number of ether oxygens (including phenoxy) is 1. The highest BCUT2D eigenvalue weighted by Crippen LogP contribution is 2.18. The van der Waals surface area contributed by atoms with Crippen LogP contribution in [0.3, 0.4) is 0 Å². The van der Waals surface area contributed by atoms with Gasteiger partial charge < -0.3 is 9.84 Å². The maximum absolute atomic E-state index is 11.2. The highest BCUT2D eigenvalue weighted by atomic mass is 16.5.